The largest absolute Gasteiger partial charge is 0.382 e. The van der Waals surface area contributed by atoms with Crippen molar-refractivity contribution in [3.05, 3.63) is 33.8 Å². The lowest BCUT2D eigenvalue weighted by atomic mass is 10.0. The molecule has 1 aromatic rings. The van der Waals surface area contributed by atoms with Crippen LogP contribution in [-0.2, 0) is 11.3 Å². The third-order valence-corrected chi connectivity index (χ3v) is 4.99. The molecule has 1 aliphatic heterocycles. The highest BCUT2D eigenvalue weighted by Crippen LogP contribution is 2.24. The average Bonchev–Trinajstić information content (AvgIpc) is 2.56. The molecule has 1 aromatic carbocycles. The summed E-state index contributed by atoms with van der Waals surface area (Å²) in [6, 6.07) is 6.46. The van der Waals surface area contributed by atoms with E-state index in [2.05, 4.69) is 16.3 Å². The zero-order valence-electron chi connectivity index (χ0n) is 14.0. The summed E-state index contributed by atoms with van der Waals surface area (Å²) in [6.07, 6.45) is 4.69. The third kappa shape index (κ3) is 6.60. The number of hydrogen-bond donors (Lipinski definition) is 1. The van der Waals surface area contributed by atoms with E-state index in [1.807, 2.05) is 19.1 Å². The van der Waals surface area contributed by atoms with Gasteiger partial charge in [-0.3, -0.25) is 4.90 Å². The second kappa shape index (κ2) is 10.5. The molecule has 1 heterocycles. The minimum atomic E-state index is 0.634. The molecule has 0 bridgehead atoms. The van der Waals surface area contributed by atoms with Gasteiger partial charge in [0, 0.05) is 35.8 Å². The van der Waals surface area contributed by atoms with E-state index in [4.69, 9.17) is 27.9 Å². The maximum Gasteiger partial charge on any atom is 0.0466 e. The highest BCUT2D eigenvalue weighted by Gasteiger charge is 2.21. The molecule has 0 unspecified atom stereocenters. The van der Waals surface area contributed by atoms with Crippen molar-refractivity contribution < 1.29 is 4.74 Å². The Morgan fingerprint density at radius 1 is 1.22 bits per heavy atom. The van der Waals surface area contributed by atoms with Gasteiger partial charge in [0.25, 0.3) is 0 Å². The highest BCUT2D eigenvalue weighted by atomic mass is 35.5. The van der Waals surface area contributed by atoms with Crippen molar-refractivity contribution in [1.29, 1.82) is 0 Å². The van der Waals surface area contributed by atoms with E-state index in [1.165, 1.54) is 18.4 Å². The van der Waals surface area contributed by atoms with E-state index in [0.717, 1.165) is 57.3 Å². The minimum absolute atomic E-state index is 0.634. The quantitative estimate of drug-likeness (QED) is 0.663. The van der Waals surface area contributed by atoms with Gasteiger partial charge in [0.2, 0.25) is 0 Å². The Bertz CT molecular complexity index is 464. The van der Waals surface area contributed by atoms with Crippen LogP contribution < -0.4 is 5.32 Å². The minimum Gasteiger partial charge on any atom is -0.382 e. The first-order valence-corrected chi connectivity index (χ1v) is 9.42. The number of hydrogen-bond acceptors (Lipinski definition) is 3. The lowest BCUT2D eigenvalue weighted by Gasteiger charge is -2.35. The molecule has 23 heavy (non-hydrogen) atoms. The summed E-state index contributed by atoms with van der Waals surface area (Å²) in [5.74, 6) is 0. The van der Waals surface area contributed by atoms with Gasteiger partial charge in [0.1, 0.15) is 0 Å². The molecule has 1 aliphatic rings. The molecule has 0 aliphatic carbocycles. The molecule has 1 saturated heterocycles. The van der Waals surface area contributed by atoms with E-state index < -0.39 is 0 Å². The number of piperidine rings is 1. The number of rotatable bonds is 9. The Labute approximate surface area is 150 Å². The van der Waals surface area contributed by atoms with E-state index in [-0.39, 0.29) is 0 Å². The summed E-state index contributed by atoms with van der Waals surface area (Å²) in [4.78, 5) is 2.59. The van der Waals surface area contributed by atoms with E-state index in [9.17, 15) is 0 Å². The zero-order valence-corrected chi connectivity index (χ0v) is 15.5. The van der Waals surface area contributed by atoms with Gasteiger partial charge in [-0.25, -0.2) is 0 Å². The molecule has 0 amide bonds. The van der Waals surface area contributed by atoms with Crippen LogP contribution >= 0.6 is 23.2 Å². The smallest absolute Gasteiger partial charge is 0.0466 e. The molecular weight excluding hydrogens is 331 g/mol. The molecule has 1 fully saturated rings. The van der Waals surface area contributed by atoms with Crippen LogP contribution in [0.2, 0.25) is 10.0 Å². The van der Waals surface area contributed by atoms with Crippen LogP contribution in [0.15, 0.2) is 18.2 Å². The van der Waals surface area contributed by atoms with Gasteiger partial charge < -0.3 is 10.1 Å². The molecular formula is C18H28Cl2N2O. The summed E-state index contributed by atoms with van der Waals surface area (Å²) in [5.41, 5.74) is 1.17. The van der Waals surface area contributed by atoms with Gasteiger partial charge in [0.05, 0.1) is 0 Å². The summed E-state index contributed by atoms with van der Waals surface area (Å²) in [7, 11) is 0. The molecule has 0 radical (unpaired) electrons. The van der Waals surface area contributed by atoms with Crippen LogP contribution in [0.25, 0.3) is 0 Å². The van der Waals surface area contributed by atoms with Crippen molar-refractivity contribution in [3.8, 4) is 0 Å². The van der Waals surface area contributed by atoms with Gasteiger partial charge in [-0.05, 0) is 69.9 Å². The lowest BCUT2D eigenvalue weighted by Crippen LogP contribution is -2.43. The first-order valence-electron chi connectivity index (χ1n) is 8.67. The fourth-order valence-corrected chi connectivity index (χ4v) is 3.56. The van der Waals surface area contributed by atoms with Crippen molar-refractivity contribution in [2.45, 2.75) is 45.2 Å². The zero-order chi connectivity index (χ0) is 16.5. The molecule has 5 heteroatoms. The third-order valence-electron chi connectivity index (χ3n) is 4.40. The topological polar surface area (TPSA) is 24.5 Å². The Hall–Kier alpha value is -0.320. The second-order valence-corrected chi connectivity index (χ2v) is 6.94. The maximum atomic E-state index is 6.37. The summed E-state index contributed by atoms with van der Waals surface area (Å²) in [5, 5.41) is 4.91. The average molecular weight is 359 g/mol. The van der Waals surface area contributed by atoms with Crippen LogP contribution in [0.4, 0.5) is 0 Å². The number of halogens is 2. The number of benzene rings is 1. The van der Waals surface area contributed by atoms with Gasteiger partial charge in [-0.15, -0.1) is 0 Å². The lowest BCUT2D eigenvalue weighted by molar-refractivity contribution is 0.124. The van der Waals surface area contributed by atoms with E-state index >= 15 is 0 Å². The highest BCUT2D eigenvalue weighted by molar-refractivity contribution is 6.35. The van der Waals surface area contributed by atoms with Crippen LogP contribution in [-0.4, -0.2) is 43.8 Å². The number of unbranched alkanes of at least 4 members (excludes halogenated alkanes) is 1. The fraction of sp³-hybridized carbons (Fsp3) is 0.667. The second-order valence-electron chi connectivity index (χ2n) is 6.09. The van der Waals surface area contributed by atoms with Crippen molar-refractivity contribution in [2.24, 2.45) is 0 Å². The first kappa shape index (κ1) is 19.0. The molecule has 2 rings (SSSR count). The maximum absolute atomic E-state index is 6.37. The Morgan fingerprint density at radius 3 is 2.70 bits per heavy atom. The molecule has 3 nitrogen and oxygen atoms in total. The van der Waals surface area contributed by atoms with Gasteiger partial charge in [0.15, 0.2) is 0 Å². The summed E-state index contributed by atoms with van der Waals surface area (Å²) in [6.45, 7) is 7.91. The summed E-state index contributed by atoms with van der Waals surface area (Å²) < 4.78 is 5.45. The Morgan fingerprint density at radius 2 is 2.00 bits per heavy atom. The normalized spacial score (nSPS) is 16.2. The summed E-state index contributed by atoms with van der Waals surface area (Å²) >= 11 is 12.4. The van der Waals surface area contributed by atoms with Crippen LogP contribution in [0.5, 0.6) is 0 Å². The molecule has 0 atom stereocenters. The first-order chi connectivity index (χ1) is 11.2. The van der Waals surface area contributed by atoms with Crippen LogP contribution in [0, 0.1) is 0 Å². The number of nitrogens with one attached hydrogen (secondary N) is 1. The number of ether oxygens (including phenoxy) is 1. The molecule has 1 N–H and O–H groups in total. The Balaban J connectivity index is 1.94. The molecule has 130 valence electrons. The standard InChI is InChI=1S/C18H28Cl2N2O/c1-2-23-12-4-3-11-22(17-7-9-21-10-8-17)14-15-5-6-16(19)13-18(15)20/h5-6,13,17,21H,2-4,7-12,14H2,1H3. The predicted molar refractivity (Wildman–Crippen MR) is 98.5 cm³/mol. The van der Waals surface area contributed by atoms with Gasteiger partial charge in [-0.2, -0.15) is 0 Å². The van der Waals surface area contributed by atoms with Crippen molar-refractivity contribution in [2.75, 3.05) is 32.8 Å². The Kier molecular flexibility index (Phi) is 8.70. The van der Waals surface area contributed by atoms with Crippen LogP contribution in [0.1, 0.15) is 38.2 Å². The van der Waals surface area contributed by atoms with E-state index in [0.29, 0.717) is 11.1 Å². The van der Waals surface area contributed by atoms with Crippen molar-refractivity contribution in [1.82, 2.24) is 10.2 Å². The fourth-order valence-electron chi connectivity index (χ4n) is 3.09. The molecule has 0 spiro atoms. The monoisotopic (exact) mass is 358 g/mol. The van der Waals surface area contributed by atoms with Crippen molar-refractivity contribution >= 4 is 23.2 Å². The molecule has 0 aromatic heterocycles. The van der Waals surface area contributed by atoms with E-state index in [1.54, 1.807) is 0 Å². The SMILES string of the molecule is CCOCCCCN(Cc1ccc(Cl)cc1Cl)C1CCNCC1. The molecule has 0 saturated carbocycles. The predicted octanol–water partition coefficient (Wildman–Crippen LogP) is 4.36. The van der Waals surface area contributed by atoms with Crippen molar-refractivity contribution in [3.63, 3.8) is 0 Å². The van der Waals surface area contributed by atoms with Gasteiger partial charge >= 0.3 is 0 Å². The van der Waals surface area contributed by atoms with Crippen LogP contribution in [0.3, 0.4) is 0 Å². The van der Waals surface area contributed by atoms with Gasteiger partial charge in [-0.1, -0.05) is 29.3 Å². The number of nitrogens with zero attached hydrogens (tertiary/aromatic N) is 1.